The lowest BCUT2D eigenvalue weighted by Crippen LogP contribution is -2.49. The minimum absolute atomic E-state index is 0.0747. The van der Waals surface area contributed by atoms with E-state index >= 15 is 0 Å². The third-order valence-electron chi connectivity index (χ3n) is 3.22. The monoisotopic (exact) mass is 286 g/mol. The number of alkyl halides is 3. The van der Waals surface area contributed by atoms with E-state index in [2.05, 4.69) is 0 Å². The van der Waals surface area contributed by atoms with Crippen LogP contribution in [0.4, 0.5) is 13.2 Å². The van der Waals surface area contributed by atoms with Crippen molar-refractivity contribution < 1.29 is 13.2 Å². The van der Waals surface area contributed by atoms with Gasteiger partial charge in [0.1, 0.15) is 0 Å². The predicted molar refractivity (Wildman–Crippen MR) is 69.4 cm³/mol. The van der Waals surface area contributed by atoms with Crippen LogP contribution in [0.1, 0.15) is 19.3 Å². The maximum Gasteiger partial charge on any atom is 0.390 e. The van der Waals surface area contributed by atoms with E-state index < -0.39 is 12.6 Å². The lowest BCUT2D eigenvalue weighted by atomic mass is 9.95. The van der Waals surface area contributed by atoms with Crippen LogP contribution in [0.2, 0.25) is 0 Å². The van der Waals surface area contributed by atoms with Crippen molar-refractivity contribution in [2.24, 2.45) is 5.73 Å². The summed E-state index contributed by atoms with van der Waals surface area (Å²) < 4.78 is 36.0. The summed E-state index contributed by atoms with van der Waals surface area (Å²) in [6, 6.07) is 0. The number of rotatable bonds is 4. The van der Waals surface area contributed by atoms with Crippen molar-refractivity contribution in [3.05, 3.63) is 0 Å². The van der Waals surface area contributed by atoms with Crippen LogP contribution in [-0.2, 0) is 0 Å². The Bertz CT molecular complexity index is 273. The number of hydrogen-bond acceptors (Lipinski definition) is 3. The largest absolute Gasteiger partial charge is 0.392 e. The number of piperidine rings is 1. The first kappa shape index (κ1) is 15.0. The van der Waals surface area contributed by atoms with Gasteiger partial charge in [-0.3, -0.25) is 0 Å². The average molecular weight is 286 g/mol. The van der Waals surface area contributed by atoms with Gasteiger partial charge < -0.3 is 10.6 Å². The van der Waals surface area contributed by atoms with Crippen LogP contribution in [-0.4, -0.2) is 46.7 Å². The van der Waals surface area contributed by atoms with Crippen LogP contribution in [0.15, 0.2) is 0 Å². The number of nitrogens with zero attached hydrogens (tertiary/aromatic N) is 1. The molecule has 1 saturated heterocycles. The summed E-state index contributed by atoms with van der Waals surface area (Å²) >= 11 is 6.66. The molecule has 0 aromatic carbocycles. The molecule has 7 heteroatoms. The van der Waals surface area contributed by atoms with Crippen LogP contribution in [0.3, 0.4) is 0 Å². The summed E-state index contributed by atoms with van der Waals surface area (Å²) in [5.74, 6) is 0. The molecular weight excluding hydrogens is 269 g/mol. The van der Waals surface area contributed by atoms with Gasteiger partial charge in [0, 0.05) is 6.54 Å². The third kappa shape index (κ3) is 4.30. The molecule has 0 amide bonds. The van der Waals surface area contributed by atoms with E-state index in [1.165, 1.54) is 0 Å². The first-order valence-corrected chi connectivity index (χ1v) is 7.06. The van der Waals surface area contributed by atoms with E-state index in [1.54, 1.807) is 11.8 Å². The topological polar surface area (TPSA) is 29.3 Å². The standard InChI is InChI=1S/C10H17F3N2S2/c1-17-9(8(14)16)2-5-15(6-3-9)7-4-10(11,12)13/h2-7H2,1H3,(H2,14,16). The summed E-state index contributed by atoms with van der Waals surface area (Å²) in [6.45, 7) is 1.34. The second-order valence-electron chi connectivity index (χ2n) is 4.27. The zero-order chi connectivity index (χ0) is 13.1. The summed E-state index contributed by atoms with van der Waals surface area (Å²) in [4.78, 5) is 2.31. The van der Waals surface area contributed by atoms with Gasteiger partial charge in [-0.15, -0.1) is 0 Å². The Kier molecular flexibility index (Phi) is 5.09. The molecule has 0 aromatic rings. The average Bonchev–Trinajstić information content (AvgIpc) is 2.26. The Labute approximate surface area is 109 Å². The Morgan fingerprint density at radius 1 is 1.41 bits per heavy atom. The summed E-state index contributed by atoms with van der Waals surface area (Å²) in [5, 5.41) is 0. The van der Waals surface area contributed by atoms with Crippen molar-refractivity contribution in [1.82, 2.24) is 4.90 Å². The van der Waals surface area contributed by atoms with Gasteiger partial charge in [0.2, 0.25) is 0 Å². The van der Waals surface area contributed by atoms with E-state index in [0.29, 0.717) is 18.1 Å². The molecule has 0 bridgehead atoms. The zero-order valence-electron chi connectivity index (χ0n) is 9.72. The van der Waals surface area contributed by atoms with E-state index in [-0.39, 0.29) is 11.3 Å². The summed E-state index contributed by atoms with van der Waals surface area (Å²) in [5.41, 5.74) is 5.71. The molecule has 0 unspecified atom stereocenters. The maximum absolute atomic E-state index is 12.1. The van der Waals surface area contributed by atoms with Crippen LogP contribution in [0.5, 0.6) is 0 Å². The van der Waals surface area contributed by atoms with Gasteiger partial charge in [-0.1, -0.05) is 12.2 Å². The molecule has 1 fully saturated rings. The molecule has 17 heavy (non-hydrogen) atoms. The Morgan fingerprint density at radius 2 is 1.94 bits per heavy atom. The quantitative estimate of drug-likeness (QED) is 0.804. The molecule has 2 N–H and O–H groups in total. The van der Waals surface area contributed by atoms with Crippen molar-refractivity contribution in [2.75, 3.05) is 25.9 Å². The first-order chi connectivity index (χ1) is 7.79. The van der Waals surface area contributed by atoms with Crippen molar-refractivity contribution in [3.8, 4) is 0 Å². The number of halogens is 3. The molecule has 1 aliphatic rings. The second kappa shape index (κ2) is 5.75. The first-order valence-electron chi connectivity index (χ1n) is 5.43. The molecule has 0 aliphatic carbocycles. The summed E-state index contributed by atoms with van der Waals surface area (Å²) in [7, 11) is 0. The Balaban J connectivity index is 2.42. The molecule has 2 nitrogen and oxygen atoms in total. The van der Waals surface area contributed by atoms with Crippen LogP contribution >= 0.6 is 24.0 Å². The minimum Gasteiger partial charge on any atom is -0.392 e. The normalized spacial score (nSPS) is 21.4. The van der Waals surface area contributed by atoms with E-state index in [1.807, 2.05) is 11.2 Å². The van der Waals surface area contributed by atoms with Crippen molar-refractivity contribution >= 4 is 29.0 Å². The molecular formula is C10H17F3N2S2. The Morgan fingerprint density at radius 3 is 2.29 bits per heavy atom. The smallest absolute Gasteiger partial charge is 0.390 e. The highest BCUT2D eigenvalue weighted by molar-refractivity contribution is 8.01. The summed E-state index contributed by atoms with van der Waals surface area (Å²) in [6.07, 6.45) is -1.39. The second-order valence-corrected chi connectivity index (χ2v) is 5.90. The van der Waals surface area contributed by atoms with Crippen molar-refractivity contribution in [1.29, 1.82) is 0 Å². The fraction of sp³-hybridized carbons (Fsp3) is 0.900. The van der Waals surface area contributed by atoms with Crippen LogP contribution in [0.25, 0.3) is 0 Å². The predicted octanol–water partition coefficient (Wildman–Crippen LogP) is 2.42. The van der Waals surface area contributed by atoms with Gasteiger partial charge >= 0.3 is 6.18 Å². The van der Waals surface area contributed by atoms with Gasteiger partial charge in [0.15, 0.2) is 0 Å². The zero-order valence-corrected chi connectivity index (χ0v) is 11.4. The molecule has 1 heterocycles. The van der Waals surface area contributed by atoms with Crippen molar-refractivity contribution in [3.63, 3.8) is 0 Å². The lowest BCUT2D eigenvalue weighted by Gasteiger charge is -2.40. The van der Waals surface area contributed by atoms with Crippen LogP contribution < -0.4 is 5.73 Å². The fourth-order valence-electron chi connectivity index (χ4n) is 1.97. The number of thiocarbonyl (C=S) groups is 1. The van der Waals surface area contributed by atoms with Gasteiger partial charge in [-0.2, -0.15) is 24.9 Å². The number of thioether (sulfide) groups is 1. The SMILES string of the molecule is CSC1(C(N)=S)CCN(CCC(F)(F)F)CC1. The molecule has 100 valence electrons. The van der Waals surface area contributed by atoms with Crippen molar-refractivity contribution in [2.45, 2.75) is 30.2 Å². The molecule has 0 radical (unpaired) electrons. The minimum atomic E-state index is -4.07. The molecule has 0 saturated carbocycles. The molecule has 0 atom stereocenters. The third-order valence-corrected chi connectivity index (χ3v) is 5.14. The molecule has 0 aromatic heterocycles. The lowest BCUT2D eigenvalue weighted by molar-refractivity contribution is -0.138. The van der Waals surface area contributed by atoms with E-state index in [9.17, 15) is 13.2 Å². The fourth-order valence-corrected chi connectivity index (χ4v) is 3.22. The number of hydrogen-bond donors (Lipinski definition) is 1. The molecule has 1 rings (SSSR count). The highest BCUT2D eigenvalue weighted by Gasteiger charge is 2.37. The van der Waals surface area contributed by atoms with Gasteiger partial charge in [0.25, 0.3) is 0 Å². The number of likely N-dealkylation sites (tertiary alicyclic amines) is 1. The molecule has 1 aliphatic heterocycles. The van der Waals surface area contributed by atoms with E-state index in [4.69, 9.17) is 18.0 Å². The Hall–Kier alpha value is -0.0100. The molecule has 0 spiro atoms. The van der Waals surface area contributed by atoms with E-state index in [0.717, 1.165) is 12.8 Å². The van der Waals surface area contributed by atoms with Crippen LogP contribution in [0, 0.1) is 0 Å². The number of nitrogens with two attached hydrogens (primary N) is 1. The highest BCUT2D eigenvalue weighted by atomic mass is 32.2. The highest BCUT2D eigenvalue weighted by Crippen LogP contribution is 2.35. The maximum atomic E-state index is 12.1. The van der Waals surface area contributed by atoms with Gasteiger partial charge in [0.05, 0.1) is 16.2 Å². The van der Waals surface area contributed by atoms with Gasteiger partial charge in [-0.05, 0) is 32.2 Å². The van der Waals surface area contributed by atoms with Gasteiger partial charge in [-0.25, -0.2) is 0 Å².